The van der Waals surface area contributed by atoms with E-state index in [1.54, 1.807) is 31.2 Å². The molecule has 216 valence electrons. The summed E-state index contributed by atoms with van der Waals surface area (Å²) in [5.41, 5.74) is 2.24. The van der Waals surface area contributed by atoms with E-state index >= 15 is 4.39 Å². The van der Waals surface area contributed by atoms with E-state index < -0.39 is 11.6 Å². The van der Waals surface area contributed by atoms with Crippen molar-refractivity contribution in [3.05, 3.63) is 65.5 Å². The third-order valence-corrected chi connectivity index (χ3v) is 7.60. The zero-order chi connectivity index (χ0) is 28.3. The molecule has 0 bridgehead atoms. The van der Waals surface area contributed by atoms with Crippen molar-refractivity contribution in [1.82, 2.24) is 14.9 Å². The van der Waals surface area contributed by atoms with Crippen LogP contribution in [0.2, 0.25) is 0 Å². The zero-order valence-electron chi connectivity index (χ0n) is 22.8. The number of ether oxygens (including phenoxy) is 4. The second-order valence-corrected chi connectivity index (χ2v) is 10.6. The predicted molar refractivity (Wildman–Crippen MR) is 148 cm³/mol. The third kappa shape index (κ3) is 6.38. The Labute approximate surface area is 236 Å². The molecule has 6 rings (SSSR count). The van der Waals surface area contributed by atoms with Gasteiger partial charge in [-0.1, -0.05) is 0 Å². The molecule has 4 heterocycles. The van der Waals surface area contributed by atoms with Gasteiger partial charge in [0.05, 0.1) is 44.2 Å². The normalized spacial score (nSPS) is 23.1. The fraction of sp³-hybridized carbons (Fsp3) is 0.433. The number of fused-ring (bicyclic) bond motifs is 2. The molecule has 11 heteroatoms. The number of anilines is 2. The van der Waals surface area contributed by atoms with Crippen molar-refractivity contribution in [2.24, 2.45) is 0 Å². The molecule has 0 aliphatic carbocycles. The number of allylic oxidation sites excluding steroid dienone is 1. The predicted octanol–water partition coefficient (Wildman–Crippen LogP) is 4.05. The van der Waals surface area contributed by atoms with E-state index in [1.807, 2.05) is 4.90 Å². The molecule has 2 aromatic carbocycles. The number of halogens is 2. The smallest absolute Gasteiger partial charge is 0.195 e. The number of benzene rings is 2. The van der Waals surface area contributed by atoms with Gasteiger partial charge in [0.15, 0.2) is 11.6 Å². The number of carbonyl (C=O) groups is 1. The van der Waals surface area contributed by atoms with Crippen molar-refractivity contribution in [2.75, 3.05) is 51.4 Å². The topological polar surface area (TPSA) is 95.0 Å². The molecule has 1 N–H and O–H groups in total. The number of Topliss-reactive ketones (excluding diaryl/α,β-unsaturated/α-hetero) is 1. The number of nitrogens with one attached hydrogen (secondary N) is 1. The Morgan fingerprint density at radius 2 is 1.95 bits per heavy atom. The summed E-state index contributed by atoms with van der Waals surface area (Å²) in [6.45, 7) is 5.39. The van der Waals surface area contributed by atoms with Gasteiger partial charge >= 0.3 is 0 Å². The molecule has 0 unspecified atom stereocenters. The summed E-state index contributed by atoms with van der Waals surface area (Å²) in [7, 11) is 0. The number of hydrogen-bond acceptors (Lipinski definition) is 9. The lowest BCUT2D eigenvalue weighted by Crippen LogP contribution is -2.36. The molecule has 3 aliphatic heterocycles. The van der Waals surface area contributed by atoms with Crippen LogP contribution in [0.4, 0.5) is 20.3 Å². The Morgan fingerprint density at radius 3 is 2.68 bits per heavy atom. The Balaban J connectivity index is 1.24. The van der Waals surface area contributed by atoms with Gasteiger partial charge in [-0.25, -0.2) is 18.7 Å². The van der Waals surface area contributed by atoms with E-state index in [0.29, 0.717) is 85.2 Å². The zero-order valence-corrected chi connectivity index (χ0v) is 22.8. The highest BCUT2D eigenvalue weighted by Gasteiger charge is 2.36. The van der Waals surface area contributed by atoms with Crippen LogP contribution in [-0.2, 0) is 25.4 Å². The highest BCUT2D eigenvalue weighted by molar-refractivity contribution is 5.97. The fourth-order valence-electron chi connectivity index (χ4n) is 5.39. The average molecular weight is 567 g/mol. The van der Waals surface area contributed by atoms with Crippen LogP contribution in [0, 0.1) is 12.7 Å². The molecule has 1 aromatic heterocycles. The molecular weight excluding hydrogens is 534 g/mol. The minimum atomic E-state index is -0.804. The van der Waals surface area contributed by atoms with Crippen LogP contribution in [0.1, 0.15) is 17.5 Å². The molecule has 9 nitrogen and oxygen atoms in total. The first-order valence-corrected chi connectivity index (χ1v) is 13.8. The summed E-state index contributed by atoms with van der Waals surface area (Å²) >= 11 is 0. The van der Waals surface area contributed by atoms with E-state index in [9.17, 15) is 9.18 Å². The second-order valence-electron chi connectivity index (χ2n) is 10.6. The molecule has 0 saturated carbocycles. The Morgan fingerprint density at radius 1 is 1.15 bits per heavy atom. The third-order valence-electron chi connectivity index (χ3n) is 7.60. The molecule has 3 fully saturated rings. The van der Waals surface area contributed by atoms with Crippen molar-refractivity contribution >= 4 is 28.2 Å². The van der Waals surface area contributed by atoms with E-state index in [4.69, 9.17) is 18.9 Å². The van der Waals surface area contributed by atoms with E-state index in [1.165, 1.54) is 18.5 Å². The summed E-state index contributed by atoms with van der Waals surface area (Å²) in [4.78, 5) is 23.8. The van der Waals surface area contributed by atoms with Gasteiger partial charge in [-0.15, -0.1) is 0 Å². The van der Waals surface area contributed by atoms with Gasteiger partial charge in [-0.2, -0.15) is 0 Å². The van der Waals surface area contributed by atoms with Crippen molar-refractivity contribution in [3.63, 3.8) is 0 Å². The Bertz CT molecular complexity index is 1450. The maximum atomic E-state index is 15.1. The number of hydrogen-bond donors (Lipinski definition) is 1. The molecule has 3 atom stereocenters. The second kappa shape index (κ2) is 12.2. The molecule has 3 aromatic rings. The lowest BCUT2D eigenvalue weighted by molar-refractivity contribution is -0.116. The number of likely N-dealkylation sites (tertiary alicyclic amines) is 1. The van der Waals surface area contributed by atoms with Gasteiger partial charge in [0.1, 0.15) is 29.8 Å². The number of aryl methyl sites for hydroxylation is 1. The Kier molecular flexibility index (Phi) is 8.20. The van der Waals surface area contributed by atoms with Crippen LogP contribution in [0.15, 0.2) is 48.6 Å². The molecule has 0 amide bonds. The Hall–Kier alpha value is -3.51. The van der Waals surface area contributed by atoms with Crippen molar-refractivity contribution in [3.8, 4) is 5.75 Å². The maximum Gasteiger partial charge on any atom is 0.195 e. The SMILES string of the molecule is Cc1cc(Nc2ncnc3cc(O[C@H]4CCOC4)c(CC(=O)/C(F)=C\CN4C[C@@H]5OCCO[C@H]5C4)cc23)ccc1F. The molecule has 3 aliphatic rings. The van der Waals surface area contributed by atoms with E-state index in [-0.39, 0.29) is 37.1 Å². The first-order valence-electron chi connectivity index (χ1n) is 13.8. The summed E-state index contributed by atoms with van der Waals surface area (Å²) in [6.07, 6.45) is 3.04. The average Bonchev–Trinajstić information content (AvgIpc) is 3.64. The van der Waals surface area contributed by atoms with Gasteiger partial charge < -0.3 is 24.3 Å². The fourth-order valence-corrected chi connectivity index (χ4v) is 5.39. The molecule has 3 saturated heterocycles. The van der Waals surface area contributed by atoms with E-state index in [0.717, 1.165) is 0 Å². The largest absolute Gasteiger partial charge is 0.488 e. The summed E-state index contributed by atoms with van der Waals surface area (Å²) in [5.74, 6) is -0.833. The van der Waals surface area contributed by atoms with Crippen molar-refractivity contribution in [2.45, 2.75) is 38.1 Å². The minimum absolute atomic E-state index is 0.0170. The van der Waals surface area contributed by atoms with Crippen LogP contribution >= 0.6 is 0 Å². The molecule has 41 heavy (non-hydrogen) atoms. The van der Waals surface area contributed by atoms with Gasteiger partial charge in [0.2, 0.25) is 0 Å². The lowest BCUT2D eigenvalue weighted by atomic mass is 10.0. The number of rotatable bonds is 9. The van der Waals surface area contributed by atoms with Crippen molar-refractivity contribution < 1.29 is 32.5 Å². The number of carbonyl (C=O) groups excluding carboxylic acids is 1. The first-order chi connectivity index (χ1) is 19.9. The van der Waals surface area contributed by atoms with Crippen LogP contribution in [0.5, 0.6) is 5.75 Å². The summed E-state index contributed by atoms with van der Waals surface area (Å²) in [5, 5.41) is 3.83. The number of aromatic nitrogens is 2. The number of nitrogens with zero attached hydrogens (tertiary/aromatic N) is 3. The van der Waals surface area contributed by atoms with Crippen molar-refractivity contribution in [1.29, 1.82) is 0 Å². The molecular formula is C30H32F2N4O5. The monoisotopic (exact) mass is 566 g/mol. The van der Waals surface area contributed by atoms with Gasteiger partial charge in [-0.05, 0) is 42.8 Å². The lowest BCUT2D eigenvalue weighted by Gasteiger charge is -2.24. The highest BCUT2D eigenvalue weighted by atomic mass is 19.1. The standard InChI is InChI=1S/C30H32F2N4O5/c1-18-10-20(2-3-23(18)31)35-30-22-11-19(27(13-25(22)33-17-34-30)41-21-5-7-38-16-21)12-26(37)24(32)4-6-36-14-28-29(15-36)40-9-8-39-28/h2-4,10-11,13,17,21,28-29H,5-9,12,14-16H2,1H3,(H,33,34,35)/b24-4+/t21-,28-,29-/m0/s1. The van der Waals surface area contributed by atoms with Crippen LogP contribution in [0.25, 0.3) is 10.9 Å². The summed E-state index contributed by atoms with van der Waals surface area (Å²) in [6, 6.07) is 8.17. The van der Waals surface area contributed by atoms with Gasteiger partial charge in [0, 0.05) is 55.2 Å². The summed E-state index contributed by atoms with van der Waals surface area (Å²) < 4.78 is 52.0. The van der Waals surface area contributed by atoms with Crippen LogP contribution in [-0.4, -0.2) is 85.0 Å². The quantitative estimate of drug-likeness (QED) is 0.385. The maximum absolute atomic E-state index is 15.1. The minimum Gasteiger partial charge on any atom is -0.488 e. The number of ketones is 1. The van der Waals surface area contributed by atoms with Gasteiger partial charge in [0.25, 0.3) is 0 Å². The van der Waals surface area contributed by atoms with Gasteiger partial charge in [-0.3, -0.25) is 9.69 Å². The highest BCUT2D eigenvalue weighted by Crippen LogP contribution is 2.32. The first kappa shape index (κ1) is 27.6. The van der Waals surface area contributed by atoms with E-state index in [2.05, 4.69) is 15.3 Å². The van der Waals surface area contributed by atoms with Crippen LogP contribution < -0.4 is 10.1 Å². The molecule has 0 spiro atoms. The molecule has 0 radical (unpaired) electrons. The van der Waals surface area contributed by atoms with Crippen LogP contribution in [0.3, 0.4) is 0 Å².